The summed E-state index contributed by atoms with van der Waals surface area (Å²) in [5, 5.41) is 14.1. The number of hydrogen-bond acceptors (Lipinski definition) is 2. The number of halogens is 1. The van der Waals surface area contributed by atoms with Crippen LogP contribution in [0.15, 0.2) is 42.5 Å². The third kappa shape index (κ3) is 3.22. The van der Waals surface area contributed by atoms with E-state index in [4.69, 9.17) is 11.6 Å². The monoisotopic (exact) mass is 301 g/mol. The second-order valence-electron chi connectivity index (χ2n) is 5.77. The molecule has 3 heteroatoms. The van der Waals surface area contributed by atoms with Gasteiger partial charge in [0.15, 0.2) is 0 Å². The number of nitrogens with one attached hydrogen (secondary N) is 1. The summed E-state index contributed by atoms with van der Waals surface area (Å²) in [6, 6.07) is 14.3. The fourth-order valence-electron chi connectivity index (χ4n) is 3.15. The van der Waals surface area contributed by atoms with Crippen LogP contribution < -0.4 is 5.32 Å². The second-order valence-corrected chi connectivity index (χ2v) is 6.21. The molecule has 2 N–H and O–H groups in total. The number of phenols is 1. The van der Waals surface area contributed by atoms with Crippen LogP contribution in [0.25, 0.3) is 0 Å². The standard InChI is InChI=1S/C18H20ClNO/c1-12(13-4-2-6-15(19)10-13)20-18-7-3-5-14-11-16(21)8-9-17(14)18/h2,4,6,8-12,18,20-21H,3,5,7H2,1H3/t12-,18?/m0/s1. The summed E-state index contributed by atoms with van der Waals surface area (Å²) >= 11 is 6.07. The van der Waals surface area contributed by atoms with Crippen LogP contribution in [-0.4, -0.2) is 5.11 Å². The van der Waals surface area contributed by atoms with Crippen LogP contribution in [0, 0.1) is 0 Å². The number of phenolic OH excluding ortho intramolecular Hbond substituents is 1. The predicted octanol–water partition coefficient (Wildman–Crippen LogP) is 4.77. The molecule has 2 atom stereocenters. The second kappa shape index (κ2) is 6.08. The minimum Gasteiger partial charge on any atom is -0.508 e. The van der Waals surface area contributed by atoms with Crippen molar-refractivity contribution >= 4 is 11.6 Å². The Morgan fingerprint density at radius 2 is 2.10 bits per heavy atom. The van der Waals surface area contributed by atoms with Gasteiger partial charge in [-0.1, -0.05) is 29.8 Å². The summed E-state index contributed by atoms with van der Waals surface area (Å²) < 4.78 is 0. The number of hydrogen-bond donors (Lipinski definition) is 2. The lowest BCUT2D eigenvalue weighted by molar-refractivity contribution is 0.413. The minimum atomic E-state index is 0.244. The summed E-state index contributed by atoms with van der Waals surface area (Å²) in [7, 11) is 0. The van der Waals surface area contributed by atoms with Gasteiger partial charge in [0.05, 0.1) is 0 Å². The van der Waals surface area contributed by atoms with Gasteiger partial charge in [-0.2, -0.15) is 0 Å². The summed E-state index contributed by atoms with van der Waals surface area (Å²) in [6.45, 7) is 2.17. The average molecular weight is 302 g/mol. The Labute approximate surface area is 130 Å². The zero-order valence-electron chi connectivity index (χ0n) is 12.1. The molecule has 0 amide bonds. The molecule has 21 heavy (non-hydrogen) atoms. The Kier molecular flexibility index (Phi) is 4.18. The van der Waals surface area contributed by atoms with E-state index in [2.05, 4.69) is 18.3 Å². The molecule has 0 aromatic heterocycles. The van der Waals surface area contributed by atoms with Crippen LogP contribution in [0.3, 0.4) is 0 Å². The van der Waals surface area contributed by atoms with Gasteiger partial charge < -0.3 is 10.4 Å². The Balaban J connectivity index is 1.80. The van der Waals surface area contributed by atoms with Gasteiger partial charge in [-0.3, -0.25) is 0 Å². The van der Waals surface area contributed by atoms with E-state index in [1.54, 1.807) is 6.07 Å². The van der Waals surface area contributed by atoms with E-state index in [1.807, 2.05) is 30.3 Å². The summed E-state index contributed by atoms with van der Waals surface area (Å²) in [4.78, 5) is 0. The van der Waals surface area contributed by atoms with Crippen LogP contribution >= 0.6 is 11.6 Å². The average Bonchev–Trinajstić information content (AvgIpc) is 2.47. The molecule has 0 radical (unpaired) electrons. The Bertz CT molecular complexity index is 641. The Hall–Kier alpha value is -1.51. The molecule has 0 saturated carbocycles. The third-order valence-electron chi connectivity index (χ3n) is 4.24. The van der Waals surface area contributed by atoms with Gasteiger partial charge >= 0.3 is 0 Å². The highest BCUT2D eigenvalue weighted by atomic mass is 35.5. The summed E-state index contributed by atoms with van der Waals surface area (Å²) in [5.74, 6) is 0.359. The van der Waals surface area contributed by atoms with Gasteiger partial charge in [0.1, 0.15) is 5.75 Å². The summed E-state index contributed by atoms with van der Waals surface area (Å²) in [6.07, 6.45) is 3.33. The fraction of sp³-hybridized carbons (Fsp3) is 0.333. The predicted molar refractivity (Wildman–Crippen MR) is 86.8 cm³/mol. The van der Waals surface area contributed by atoms with E-state index in [-0.39, 0.29) is 6.04 Å². The smallest absolute Gasteiger partial charge is 0.115 e. The zero-order valence-corrected chi connectivity index (χ0v) is 12.9. The topological polar surface area (TPSA) is 32.3 Å². The van der Waals surface area contributed by atoms with E-state index >= 15 is 0 Å². The van der Waals surface area contributed by atoms with Gasteiger partial charge in [-0.05, 0) is 67.1 Å². The molecule has 2 aromatic carbocycles. The van der Waals surface area contributed by atoms with E-state index in [1.165, 1.54) is 16.7 Å². The zero-order chi connectivity index (χ0) is 14.8. The van der Waals surface area contributed by atoms with Crippen LogP contribution in [-0.2, 0) is 6.42 Å². The molecule has 0 aliphatic heterocycles. The molecule has 3 rings (SSSR count). The minimum absolute atomic E-state index is 0.244. The Morgan fingerprint density at radius 3 is 2.90 bits per heavy atom. The van der Waals surface area contributed by atoms with Gasteiger partial charge in [-0.25, -0.2) is 0 Å². The largest absolute Gasteiger partial charge is 0.508 e. The number of aryl methyl sites for hydroxylation is 1. The van der Waals surface area contributed by atoms with Crippen molar-refractivity contribution < 1.29 is 5.11 Å². The highest BCUT2D eigenvalue weighted by Gasteiger charge is 2.22. The van der Waals surface area contributed by atoms with Crippen LogP contribution in [0.2, 0.25) is 5.02 Å². The van der Waals surface area contributed by atoms with Crippen molar-refractivity contribution in [1.29, 1.82) is 0 Å². The molecular weight excluding hydrogens is 282 g/mol. The molecule has 0 heterocycles. The molecule has 110 valence electrons. The fourth-order valence-corrected chi connectivity index (χ4v) is 3.35. The SMILES string of the molecule is C[C@H](NC1CCCc2cc(O)ccc21)c1cccc(Cl)c1. The maximum absolute atomic E-state index is 9.63. The molecule has 0 saturated heterocycles. The molecule has 1 unspecified atom stereocenters. The van der Waals surface area contributed by atoms with E-state index < -0.39 is 0 Å². The highest BCUT2D eigenvalue weighted by Crippen LogP contribution is 2.33. The van der Waals surface area contributed by atoms with E-state index in [9.17, 15) is 5.11 Å². The molecule has 2 aromatic rings. The normalized spacial score (nSPS) is 19.0. The molecule has 0 fully saturated rings. The van der Waals surface area contributed by atoms with Gasteiger partial charge in [0.2, 0.25) is 0 Å². The molecule has 0 bridgehead atoms. The van der Waals surface area contributed by atoms with Crippen molar-refractivity contribution in [2.45, 2.75) is 38.3 Å². The van der Waals surface area contributed by atoms with Gasteiger partial charge in [-0.15, -0.1) is 0 Å². The molecule has 0 spiro atoms. The molecule has 2 nitrogen and oxygen atoms in total. The van der Waals surface area contributed by atoms with Gasteiger partial charge in [0, 0.05) is 17.1 Å². The van der Waals surface area contributed by atoms with E-state index in [0.29, 0.717) is 11.8 Å². The quantitative estimate of drug-likeness (QED) is 0.855. The first kappa shape index (κ1) is 14.4. The van der Waals surface area contributed by atoms with Crippen LogP contribution in [0.5, 0.6) is 5.75 Å². The van der Waals surface area contributed by atoms with Crippen LogP contribution in [0.4, 0.5) is 0 Å². The van der Waals surface area contributed by atoms with Crippen molar-refractivity contribution in [2.75, 3.05) is 0 Å². The first-order chi connectivity index (χ1) is 10.1. The maximum atomic E-state index is 9.63. The number of benzene rings is 2. The molecule has 1 aliphatic rings. The summed E-state index contributed by atoms with van der Waals surface area (Å²) in [5.41, 5.74) is 3.78. The van der Waals surface area contributed by atoms with Crippen molar-refractivity contribution in [2.24, 2.45) is 0 Å². The van der Waals surface area contributed by atoms with Crippen molar-refractivity contribution in [3.05, 3.63) is 64.2 Å². The van der Waals surface area contributed by atoms with Crippen molar-refractivity contribution in [3.63, 3.8) is 0 Å². The highest BCUT2D eigenvalue weighted by molar-refractivity contribution is 6.30. The van der Waals surface area contributed by atoms with Crippen molar-refractivity contribution in [3.8, 4) is 5.75 Å². The first-order valence-corrected chi connectivity index (χ1v) is 7.84. The number of aromatic hydroxyl groups is 1. The number of rotatable bonds is 3. The lowest BCUT2D eigenvalue weighted by Crippen LogP contribution is -2.27. The lowest BCUT2D eigenvalue weighted by Gasteiger charge is -2.29. The van der Waals surface area contributed by atoms with Gasteiger partial charge in [0.25, 0.3) is 0 Å². The van der Waals surface area contributed by atoms with Crippen molar-refractivity contribution in [1.82, 2.24) is 5.32 Å². The molecular formula is C18H20ClNO. The Morgan fingerprint density at radius 1 is 1.24 bits per heavy atom. The third-order valence-corrected chi connectivity index (χ3v) is 4.48. The van der Waals surface area contributed by atoms with E-state index in [0.717, 1.165) is 24.3 Å². The first-order valence-electron chi connectivity index (χ1n) is 7.47. The maximum Gasteiger partial charge on any atom is 0.115 e. The molecule has 1 aliphatic carbocycles. The lowest BCUT2D eigenvalue weighted by atomic mass is 9.87. The van der Waals surface area contributed by atoms with Crippen LogP contribution in [0.1, 0.15) is 48.5 Å². The number of fused-ring (bicyclic) bond motifs is 1.